The minimum absolute atomic E-state index is 0.290. The molecule has 1 atom stereocenters. The molecule has 0 saturated carbocycles. The molecule has 0 bridgehead atoms. The van der Waals surface area contributed by atoms with Gasteiger partial charge in [0.25, 0.3) is 0 Å². The van der Waals surface area contributed by atoms with Crippen molar-refractivity contribution in [2.75, 3.05) is 20.6 Å². The number of hydrogen-bond acceptors (Lipinski definition) is 2. The second kappa shape index (κ2) is 12.2. The third-order valence-corrected chi connectivity index (χ3v) is 7.42. The SMILES string of the molecule is CCCC1=C(C(O)CN(C)C)CC=C1.c1cc[c]([Zr][c]2ccccc2)cc1. The molecule has 0 aliphatic heterocycles. The standard InChI is InChI=1S/C12H21NO.2C6H5.Zr/c1-4-6-10-7-5-8-11(10)12(14)9-13(2)3;2*1-2-4-6-5-3-1;/h5,7,12,14H,4,6,8-9H2,1-3H3;2*1-5H;. The molecule has 3 heteroatoms. The number of hydrogen-bond donors (Lipinski definition) is 1. The molecule has 0 saturated heterocycles. The van der Waals surface area contributed by atoms with Crippen molar-refractivity contribution in [3.63, 3.8) is 0 Å². The van der Waals surface area contributed by atoms with Gasteiger partial charge >= 0.3 is 90.4 Å². The maximum absolute atomic E-state index is 9.98. The Labute approximate surface area is 176 Å². The number of allylic oxidation sites excluding steroid dienone is 3. The molecule has 0 fully saturated rings. The molecule has 1 unspecified atom stereocenters. The third-order valence-electron chi connectivity index (χ3n) is 4.37. The first kappa shape index (κ1) is 22.0. The average molecular weight is 441 g/mol. The second-order valence-electron chi connectivity index (χ2n) is 7.04. The Bertz CT molecular complexity index is 685. The van der Waals surface area contributed by atoms with Gasteiger partial charge in [0.05, 0.1) is 6.10 Å². The van der Waals surface area contributed by atoms with E-state index >= 15 is 0 Å². The van der Waals surface area contributed by atoms with Crippen molar-refractivity contribution in [2.45, 2.75) is 32.3 Å². The van der Waals surface area contributed by atoms with Crippen LogP contribution in [0, 0.1) is 0 Å². The van der Waals surface area contributed by atoms with Crippen LogP contribution in [0.1, 0.15) is 26.2 Å². The minimum atomic E-state index is -0.517. The van der Waals surface area contributed by atoms with Crippen molar-refractivity contribution in [3.05, 3.63) is 84.0 Å². The molecule has 0 amide bonds. The number of aliphatic hydroxyl groups excluding tert-OH is 1. The van der Waals surface area contributed by atoms with Gasteiger partial charge in [-0.3, -0.25) is 0 Å². The predicted molar refractivity (Wildman–Crippen MR) is 112 cm³/mol. The van der Waals surface area contributed by atoms with E-state index in [2.05, 4.69) is 79.7 Å². The topological polar surface area (TPSA) is 23.5 Å². The van der Waals surface area contributed by atoms with E-state index in [1.807, 2.05) is 19.0 Å². The van der Waals surface area contributed by atoms with Gasteiger partial charge in [-0.05, 0) is 38.1 Å². The Morgan fingerprint density at radius 1 is 0.963 bits per heavy atom. The first-order chi connectivity index (χ1) is 13.1. The fourth-order valence-electron chi connectivity index (χ4n) is 3.10. The first-order valence-electron chi connectivity index (χ1n) is 9.68. The van der Waals surface area contributed by atoms with Crippen molar-refractivity contribution in [3.8, 4) is 0 Å². The zero-order valence-corrected chi connectivity index (χ0v) is 19.2. The molecule has 2 aromatic rings. The molecule has 2 aromatic carbocycles. The van der Waals surface area contributed by atoms with Gasteiger partial charge in [0.15, 0.2) is 0 Å². The van der Waals surface area contributed by atoms with Gasteiger partial charge in [-0.25, -0.2) is 0 Å². The summed E-state index contributed by atoms with van der Waals surface area (Å²) >= 11 is -0.517. The molecule has 0 radical (unpaired) electrons. The molecule has 0 heterocycles. The molecular formula is C24H31NOZr. The molecule has 27 heavy (non-hydrogen) atoms. The maximum atomic E-state index is 9.98. The molecule has 3 rings (SSSR count). The summed E-state index contributed by atoms with van der Waals surface area (Å²) in [7, 11) is 3.98. The summed E-state index contributed by atoms with van der Waals surface area (Å²) in [5, 5.41) is 9.98. The van der Waals surface area contributed by atoms with Crippen LogP contribution >= 0.6 is 0 Å². The Morgan fingerprint density at radius 3 is 2.00 bits per heavy atom. The van der Waals surface area contributed by atoms with Gasteiger partial charge in [-0.1, -0.05) is 25.5 Å². The summed E-state index contributed by atoms with van der Waals surface area (Å²) in [5.74, 6) is 0. The monoisotopic (exact) mass is 439 g/mol. The molecule has 1 N–H and O–H groups in total. The van der Waals surface area contributed by atoms with Crippen LogP contribution in [0.15, 0.2) is 84.0 Å². The fraction of sp³-hybridized carbons (Fsp3) is 0.333. The van der Waals surface area contributed by atoms with Crippen LogP contribution in [-0.4, -0.2) is 36.8 Å². The van der Waals surface area contributed by atoms with Crippen LogP contribution in [0.2, 0.25) is 0 Å². The summed E-state index contributed by atoms with van der Waals surface area (Å²) in [4.78, 5) is 2.03. The van der Waals surface area contributed by atoms with Crippen molar-refractivity contribution in [1.82, 2.24) is 4.90 Å². The number of nitrogens with zero attached hydrogens (tertiary/aromatic N) is 1. The van der Waals surface area contributed by atoms with Gasteiger partial charge in [-0.15, -0.1) is 0 Å². The van der Waals surface area contributed by atoms with E-state index in [0.717, 1.165) is 25.8 Å². The van der Waals surface area contributed by atoms with Crippen LogP contribution < -0.4 is 6.54 Å². The molecule has 2 nitrogen and oxygen atoms in total. The number of rotatable bonds is 7. The molecule has 0 aromatic heterocycles. The Kier molecular flexibility index (Phi) is 9.98. The second-order valence-corrected chi connectivity index (χ2v) is 10.5. The molecular weight excluding hydrogens is 409 g/mol. The van der Waals surface area contributed by atoms with E-state index in [1.54, 1.807) is 0 Å². The van der Waals surface area contributed by atoms with Gasteiger partial charge in [0.1, 0.15) is 0 Å². The van der Waals surface area contributed by atoms with Crippen LogP contribution in [0.25, 0.3) is 0 Å². The van der Waals surface area contributed by atoms with Crippen LogP contribution in [0.4, 0.5) is 0 Å². The summed E-state index contributed by atoms with van der Waals surface area (Å²) in [6.07, 6.45) is 7.21. The van der Waals surface area contributed by atoms with Gasteiger partial charge in [-0.2, -0.15) is 0 Å². The summed E-state index contributed by atoms with van der Waals surface area (Å²) in [6, 6.07) is 21.6. The molecule has 1 aliphatic rings. The van der Waals surface area contributed by atoms with Crippen molar-refractivity contribution < 1.29 is 28.3 Å². The summed E-state index contributed by atoms with van der Waals surface area (Å²) in [5.41, 5.74) is 2.57. The van der Waals surface area contributed by atoms with E-state index < -0.39 is 23.2 Å². The number of likely N-dealkylation sites (N-methyl/N-ethyl adjacent to an activating group) is 1. The molecule has 142 valence electrons. The third kappa shape index (κ3) is 8.09. The average Bonchev–Trinajstić information content (AvgIpc) is 3.12. The van der Waals surface area contributed by atoms with Crippen molar-refractivity contribution in [1.29, 1.82) is 0 Å². The van der Waals surface area contributed by atoms with E-state index in [0.29, 0.717) is 0 Å². The Balaban J connectivity index is 0.000000194. The fourth-order valence-corrected chi connectivity index (χ4v) is 5.68. The van der Waals surface area contributed by atoms with Gasteiger partial charge in [0.2, 0.25) is 0 Å². The van der Waals surface area contributed by atoms with Gasteiger partial charge in [0, 0.05) is 6.54 Å². The van der Waals surface area contributed by atoms with E-state index in [4.69, 9.17) is 0 Å². The van der Waals surface area contributed by atoms with Crippen LogP contribution in [0.3, 0.4) is 0 Å². The summed E-state index contributed by atoms with van der Waals surface area (Å²) < 4.78 is 3.08. The Hall–Kier alpha value is -1.28. The van der Waals surface area contributed by atoms with E-state index in [-0.39, 0.29) is 6.10 Å². The Morgan fingerprint density at radius 2 is 1.52 bits per heavy atom. The number of benzene rings is 2. The van der Waals surface area contributed by atoms with E-state index in [9.17, 15) is 5.11 Å². The number of aliphatic hydroxyl groups is 1. The predicted octanol–water partition coefficient (Wildman–Crippen LogP) is 3.69. The first-order valence-corrected chi connectivity index (χ1v) is 12.1. The van der Waals surface area contributed by atoms with Crippen molar-refractivity contribution in [2.24, 2.45) is 0 Å². The quantitative estimate of drug-likeness (QED) is 0.710. The van der Waals surface area contributed by atoms with Crippen LogP contribution in [-0.2, 0) is 23.2 Å². The van der Waals surface area contributed by atoms with Crippen LogP contribution in [0.5, 0.6) is 0 Å². The molecule has 0 spiro atoms. The van der Waals surface area contributed by atoms with Gasteiger partial charge < -0.3 is 10.0 Å². The zero-order valence-electron chi connectivity index (χ0n) is 16.7. The molecule has 1 aliphatic carbocycles. The zero-order chi connectivity index (χ0) is 19.5. The van der Waals surface area contributed by atoms with Crippen molar-refractivity contribution >= 4 is 6.54 Å². The van der Waals surface area contributed by atoms with E-state index in [1.165, 1.54) is 17.7 Å². The normalized spacial score (nSPS) is 14.1. The summed E-state index contributed by atoms with van der Waals surface area (Å²) in [6.45, 7) is 2.90.